The van der Waals surface area contributed by atoms with Gasteiger partial charge in [0.2, 0.25) is 0 Å². The molecule has 0 aromatic carbocycles. The summed E-state index contributed by atoms with van der Waals surface area (Å²) in [6.07, 6.45) is 0.874. The molecule has 1 aliphatic carbocycles. The lowest BCUT2D eigenvalue weighted by atomic mass is 10.1. The van der Waals surface area contributed by atoms with E-state index in [4.69, 9.17) is 9.47 Å². The maximum atomic E-state index is 11.7. The molecule has 1 N–H and O–H groups in total. The van der Waals surface area contributed by atoms with E-state index in [-0.39, 0.29) is 5.92 Å². The monoisotopic (exact) mass is 243 g/mol. The van der Waals surface area contributed by atoms with Crippen molar-refractivity contribution in [3.05, 3.63) is 0 Å². The highest BCUT2D eigenvalue weighted by molar-refractivity contribution is 5.89. The maximum absolute atomic E-state index is 11.7. The van der Waals surface area contributed by atoms with Crippen LogP contribution in [0.1, 0.15) is 40.5 Å². The van der Waals surface area contributed by atoms with Gasteiger partial charge in [-0.05, 0) is 33.1 Å². The second-order valence-corrected chi connectivity index (χ2v) is 5.40. The van der Waals surface area contributed by atoms with Crippen molar-refractivity contribution in [2.45, 2.75) is 51.7 Å². The minimum absolute atomic E-state index is 0.141. The highest BCUT2D eigenvalue weighted by Gasteiger charge is 2.61. The number of hydrogen-bond acceptors (Lipinski definition) is 4. The Balaban J connectivity index is 2.64. The lowest BCUT2D eigenvalue weighted by molar-refractivity contribution is -0.144. The highest BCUT2D eigenvalue weighted by atomic mass is 16.6. The zero-order valence-corrected chi connectivity index (χ0v) is 11.1. The van der Waals surface area contributed by atoms with Crippen LogP contribution in [-0.2, 0) is 14.3 Å². The second kappa shape index (κ2) is 4.55. The average Bonchev–Trinajstić information content (AvgIpc) is 2.88. The van der Waals surface area contributed by atoms with Crippen LogP contribution in [0, 0.1) is 5.92 Å². The molecule has 1 amide bonds. The number of carbonyl (C=O) groups excluding carboxylic acids is 2. The molecule has 0 spiro atoms. The van der Waals surface area contributed by atoms with Crippen molar-refractivity contribution in [2.75, 3.05) is 7.11 Å². The van der Waals surface area contributed by atoms with Crippen LogP contribution in [0.4, 0.5) is 4.79 Å². The quantitative estimate of drug-likeness (QED) is 0.768. The van der Waals surface area contributed by atoms with Crippen molar-refractivity contribution >= 4 is 12.1 Å². The molecule has 1 saturated carbocycles. The van der Waals surface area contributed by atoms with E-state index in [9.17, 15) is 9.59 Å². The smallest absolute Gasteiger partial charge is 0.408 e. The largest absolute Gasteiger partial charge is 0.467 e. The lowest BCUT2D eigenvalue weighted by Gasteiger charge is -2.23. The Morgan fingerprint density at radius 3 is 2.35 bits per heavy atom. The average molecular weight is 243 g/mol. The number of carbonyl (C=O) groups is 2. The first-order valence-electron chi connectivity index (χ1n) is 5.84. The van der Waals surface area contributed by atoms with E-state index in [2.05, 4.69) is 5.32 Å². The molecule has 0 bridgehead atoms. The number of amides is 1. The van der Waals surface area contributed by atoms with E-state index in [1.54, 1.807) is 20.8 Å². The minimum Gasteiger partial charge on any atom is -0.467 e. The minimum atomic E-state index is -0.869. The fourth-order valence-electron chi connectivity index (χ4n) is 1.94. The molecule has 98 valence electrons. The zero-order valence-electron chi connectivity index (χ0n) is 11.1. The summed E-state index contributed by atoms with van der Waals surface area (Å²) in [5, 5.41) is 2.64. The molecule has 0 heterocycles. The molecule has 5 nitrogen and oxygen atoms in total. The molecule has 1 fully saturated rings. The number of methoxy groups -OCH3 is 1. The lowest BCUT2D eigenvalue weighted by Crippen LogP contribution is -2.47. The molecule has 1 aliphatic rings. The molecule has 0 aromatic heterocycles. The maximum Gasteiger partial charge on any atom is 0.408 e. The number of esters is 1. The van der Waals surface area contributed by atoms with E-state index >= 15 is 0 Å². The van der Waals surface area contributed by atoms with Crippen molar-refractivity contribution in [3.63, 3.8) is 0 Å². The van der Waals surface area contributed by atoms with Gasteiger partial charge in [-0.15, -0.1) is 0 Å². The van der Waals surface area contributed by atoms with Gasteiger partial charge in [0.05, 0.1) is 7.11 Å². The molecule has 0 aromatic rings. The molecule has 0 radical (unpaired) electrons. The normalized spacial score (nSPS) is 27.2. The van der Waals surface area contributed by atoms with Gasteiger partial charge in [-0.2, -0.15) is 0 Å². The van der Waals surface area contributed by atoms with Gasteiger partial charge in [-0.1, -0.05) is 13.3 Å². The molecule has 5 heteroatoms. The van der Waals surface area contributed by atoms with Crippen molar-refractivity contribution in [2.24, 2.45) is 5.92 Å². The van der Waals surface area contributed by atoms with E-state index in [0.717, 1.165) is 6.42 Å². The highest BCUT2D eigenvalue weighted by Crippen LogP contribution is 2.46. The summed E-state index contributed by atoms with van der Waals surface area (Å²) in [7, 11) is 1.33. The van der Waals surface area contributed by atoms with Gasteiger partial charge in [-0.25, -0.2) is 9.59 Å². The van der Waals surface area contributed by atoms with Crippen LogP contribution in [0.3, 0.4) is 0 Å². The van der Waals surface area contributed by atoms with Crippen molar-refractivity contribution in [1.29, 1.82) is 0 Å². The molecule has 17 heavy (non-hydrogen) atoms. The number of ether oxygens (including phenoxy) is 2. The van der Waals surface area contributed by atoms with E-state index in [0.29, 0.717) is 6.42 Å². The first-order valence-corrected chi connectivity index (χ1v) is 5.84. The van der Waals surface area contributed by atoms with Crippen LogP contribution in [0.15, 0.2) is 0 Å². The summed E-state index contributed by atoms with van der Waals surface area (Å²) >= 11 is 0. The van der Waals surface area contributed by atoms with Crippen molar-refractivity contribution in [1.82, 2.24) is 5.32 Å². The summed E-state index contributed by atoms with van der Waals surface area (Å²) < 4.78 is 9.87. The first kappa shape index (κ1) is 13.8. The third kappa shape index (κ3) is 3.11. The van der Waals surface area contributed by atoms with Crippen LogP contribution in [0.25, 0.3) is 0 Å². The summed E-state index contributed by atoms with van der Waals surface area (Å²) in [4.78, 5) is 23.3. The molecular weight excluding hydrogens is 222 g/mol. The van der Waals surface area contributed by atoms with Crippen molar-refractivity contribution in [3.8, 4) is 0 Å². The van der Waals surface area contributed by atoms with Gasteiger partial charge in [-0.3, -0.25) is 0 Å². The third-order valence-electron chi connectivity index (χ3n) is 2.87. The number of nitrogens with one attached hydrogen (secondary N) is 1. The summed E-state index contributed by atoms with van der Waals surface area (Å²) in [6, 6.07) is 0. The van der Waals surface area contributed by atoms with Crippen LogP contribution < -0.4 is 5.32 Å². The van der Waals surface area contributed by atoms with Gasteiger partial charge < -0.3 is 14.8 Å². The molecule has 0 aliphatic heterocycles. The van der Waals surface area contributed by atoms with Crippen molar-refractivity contribution < 1.29 is 19.1 Å². The first-order chi connectivity index (χ1) is 7.75. The fraction of sp³-hybridized carbons (Fsp3) is 0.833. The fourth-order valence-corrected chi connectivity index (χ4v) is 1.94. The van der Waals surface area contributed by atoms with Crippen LogP contribution in [0.2, 0.25) is 0 Å². The molecule has 1 rings (SSSR count). The number of alkyl carbamates (subject to hydrolysis) is 1. The standard InChI is InChI=1S/C12H21NO4/c1-6-8-7-12(8,9(14)16-5)13-10(15)17-11(2,3)4/h8H,6-7H2,1-5H3,(H,13,15)/t8?,12-/m0/s1. The van der Waals surface area contributed by atoms with Gasteiger partial charge in [0.1, 0.15) is 11.1 Å². The summed E-state index contributed by atoms with van der Waals surface area (Å²) in [6.45, 7) is 7.32. The van der Waals surface area contributed by atoms with Gasteiger partial charge in [0, 0.05) is 0 Å². The third-order valence-corrected chi connectivity index (χ3v) is 2.87. The Labute approximate surface area is 102 Å². The zero-order chi connectivity index (χ0) is 13.3. The Kier molecular flexibility index (Phi) is 3.69. The van der Waals surface area contributed by atoms with Gasteiger partial charge in [0.25, 0.3) is 0 Å². The number of hydrogen-bond donors (Lipinski definition) is 1. The Morgan fingerprint density at radius 1 is 1.41 bits per heavy atom. The molecule has 2 atom stereocenters. The number of rotatable bonds is 3. The van der Waals surface area contributed by atoms with Crippen LogP contribution in [-0.4, -0.2) is 30.3 Å². The predicted octanol–water partition coefficient (Wildman–Crippen LogP) is 1.85. The predicted molar refractivity (Wildman–Crippen MR) is 62.5 cm³/mol. The summed E-state index contributed by atoms with van der Waals surface area (Å²) in [5.41, 5.74) is -1.44. The van der Waals surface area contributed by atoms with E-state index in [1.165, 1.54) is 7.11 Å². The molecular formula is C12H21NO4. The van der Waals surface area contributed by atoms with Crippen LogP contribution in [0.5, 0.6) is 0 Å². The Morgan fingerprint density at radius 2 is 2.00 bits per heavy atom. The molecule has 1 unspecified atom stereocenters. The van der Waals surface area contributed by atoms with Gasteiger partial charge >= 0.3 is 12.1 Å². The Bertz CT molecular complexity index is 321. The second-order valence-electron chi connectivity index (χ2n) is 5.40. The molecule has 0 saturated heterocycles. The summed E-state index contributed by atoms with van der Waals surface area (Å²) in [5.74, 6) is -0.252. The Hall–Kier alpha value is -1.26. The SMILES string of the molecule is CCC1C[C@@]1(NC(=O)OC(C)(C)C)C(=O)OC. The van der Waals surface area contributed by atoms with E-state index in [1.807, 2.05) is 6.92 Å². The van der Waals surface area contributed by atoms with Gasteiger partial charge in [0.15, 0.2) is 0 Å². The van der Waals surface area contributed by atoms with Crippen LogP contribution >= 0.6 is 0 Å². The topological polar surface area (TPSA) is 64.6 Å². The van der Waals surface area contributed by atoms with E-state index < -0.39 is 23.2 Å².